The molecule has 0 bridgehead atoms. The molecule has 0 aliphatic rings. The van der Waals surface area contributed by atoms with Crippen molar-refractivity contribution in [3.05, 3.63) is 16.2 Å². The molecule has 2 rings (SSSR count). The Balaban J connectivity index is 2.02. The summed E-state index contributed by atoms with van der Waals surface area (Å²) in [6.07, 6.45) is 4.00. The first kappa shape index (κ1) is 25.3. The smallest absolute Gasteiger partial charge is 0.323 e. The van der Waals surface area contributed by atoms with Crippen molar-refractivity contribution in [2.75, 3.05) is 18.9 Å². The number of nitrogens with zero attached hydrogens (tertiary/aromatic N) is 2. The highest BCUT2D eigenvalue weighted by molar-refractivity contribution is 5.75. The van der Waals surface area contributed by atoms with E-state index in [9.17, 15) is 14.4 Å². The van der Waals surface area contributed by atoms with E-state index in [2.05, 4.69) is 26.9 Å². The molecule has 0 aliphatic carbocycles. The van der Waals surface area contributed by atoms with Crippen LogP contribution >= 0.6 is 0 Å². The van der Waals surface area contributed by atoms with Gasteiger partial charge in [0.15, 0.2) is 11.2 Å². The van der Waals surface area contributed by atoms with Gasteiger partial charge in [-0.2, -0.15) is 4.98 Å². The molecule has 1 unspecified atom stereocenters. The molecule has 11 nitrogen and oxygen atoms in total. The number of aromatic amines is 2. The van der Waals surface area contributed by atoms with E-state index >= 15 is 0 Å². The van der Waals surface area contributed by atoms with Gasteiger partial charge < -0.3 is 25.9 Å². The van der Waals surface area contributed by atoms with Crippen LogP contribution in [0.2, 0.25) is 0 Å². The quantitative estimate of drug-likeness (QED) is 0.259. The summed E-state index contributed by atoms with van der Waals surface area (Å²) < 4.78 is 10.7. The molecule has 2 atom stereocenters. The van der Waals surface area contributed by atoms with Crippen LogP contribution < -0.4 is 17.0 Å². The number of unbranched alkanes of at least 4 members (excludes halogenated alkanes) is 2. The lowest BCUT2D eigenvalue weighted by atomic mass is 10.0. The lowest BCUT2D eigenvalue weighted by Crippen LogP contribution is -2.38. The predicted octanol–water partition coefficient (Wildman–Crippen LogP) is 1.43. The Morgan fingerprint density at radius 1 is 1.12 bits per heavy atom. The molecule has 2 aromatic heterocycles. The monoisotopic (exact) mass is 450 g/mol. The molecular weight excluding hydrogens is 416 g/mol. The highest BCUT2D eigenvalue weighted by Gasteiger charge is 2.22. The van der Waals surface area contributed by atoms with Crippen LogP contribution in [0.3, 0.4) is 0 Å². The fraction of sp³-hybridized carbons (Fsp3) is 0.667. The highest BCUT2D eigenvalue weighted by atomic mass is 16.5. The van der Waals surface area contributed by atoms with E-state index in [1.54, 1.807) is 0 Å². The second-order valence-electron chi connectivity index (χ2n) is 8.27. The van der Waals surface area contributed by atoms with Crippen LogP contribution in [-0.2, 0) is 25.5 Å². The molecular formula is C21H34N6O5. The SMILES string of the molecule is CCCCCC(=O)OCCC(COC(=O)[C@@H](N)C(C)C)Cc1nc2nc(N)[nH]c(=O)c2[nH]1. The lowest BCUT2D eigenvalue weighted by Gasteiger charge is -2.19. The number of nitrogens with two attached hydrogens (primary N) is 2. The number of ether oxygens (including phenoxy) is 2. The van der Waals surface area contributed by atoms with Gasteiger partial charge in [0.05, 0.1) is 13.2 Å². The van der Waals surface area contributed by atoms with Gasteiger partial charge in [-0.1, -0.05) is 33.6 Å². The third-order valence-corrected chi connectivity index (χ3v) is 5.14. The maximum Gasteiger partial charge on any atom is 0.323 e. The van der Waals surface area contributed by atoms with Crippen molar-refractivity contribution in [3.8, 4) is 0 Å². The minimum Gasteiger partial charge on any atom is -0.466 e. The third-order valence-electron chi connectivity index (χ3n) is 5.14. The summed E-state index contributed by atoms with van der Waals surface area (Å²) >= 11 is 0. The minimum absolute atomic E-state index is 0.0244. The second-order valence-corrected chi connectivity index (χ2v) is 8.27. The standard InChI is InChI=1S/C21H34N6O5/c1-4-5-6-7-15(28)31-9-8-13(11-32-20(30)16(22)12(2)3)10-14-24-17-18(25-14)26-21(23)27-19(17)29/h12-13,16H,4-11,22H2,1-3H3,(H4,23,24,25,26,27,29)/t13?,16-/m0/s1. The van der Waals surface area contributed by atoms with Gasteiger partial charge in [-0.3, -0.25) is 19.4 Å². The van der Waals surface area contributed by atoms with Crippen molar-refractivity contribution < 1.29 is 19.1 Å². The number of hydrogen-bond acceptors (Lipinski definition) is 9. The van der Waals surface area contributed by atoms with Crippen molar-refractivity contribution in [2.45, 2.75) is 65.3 Å². The van der Waals surface area contributed by atoms with Crippen LogP contribution in [0.15, 0.2) is 4.79 Å². The number of esters is 2. The first-order valence-electron chi connectivity index (χ1n) is 11.0. The van der Waals surface area contributed by atoms with Crippen LogP contribution in [0.4, 0.5) is 5.95 Å². The number of imidazole rings is 1. The zero-order valence-corrected chi connectivity index (χ0v) is 19.0. The Morgan fingerprint density at radius 2 is 1.88 bits per heavy atom. The molecule has 0 radical (unpaired) electrons. The number of aromatic nitrogens is 4. The molecule has 0 spiro atoms. The maximum absolute atomic E-state index is 12.2. The number of rotatable bonds is 13. The van der Waals surface area contributed by atoms with Crippen LogP contribution in [0.5, 0.6) is 0 Å². The number of fused-ring (bicyclic) bond motifs is 1. The number of carbonyl (C=O) groups is 2. The van der Waals surface area contributed by atoms with Crippen molar-refractivity contribution in [1.29, 1.82) is 0 Å². The largest absolute Gasteiger partial charge is 0.466 e. The van der Waals surface area contributed by atoms with E-state index in [0.717, 1.165) is 19.3 Å². The molecule has 0 saturated carbocycles. The van der Waals surface area contributed by atoms with Crippen LogP contribution in [0, 0.1) is 11.8 Å². The Bertz CT molecular complexity index is 954. The number of anilines is 1. The number of carbonyl (C=O) groups excluding carboxylic acids is 2. The molecule has 0 aromatic carbocycles. The van der Waals surface area contributed by atoms with Crippen molar-refractivity contribution in [1.82, 2.24) is 19.9 Å². The molecule has 0 saturated heterocycles. The van der Waals surface area contributed by atoms with E-state index < -0.39 is 17.6 Å². The third kappa shape index (κ3) is 7.63. The molecule has 11 heteroatoms. The van der Waals surface area contributed by atoms with Crippen LogP contribution in [-0.4, -0.2) is 51.1 Å². The average molecular weight is 451 g/mol. The summed E-state index contributed by atoms with van der Waals surface area (Å²) in [5.41, 5.74) is 11.4. The van der Waals surface area contributed by atoms with Gasteiger partial charge in [0, 0.05) is 18.8 Å². The first-order chi connectivity index (χ1) is 15.2. The van der Waals surface area contributed by atoms with Gasteiger partial charge in [0.2, 0.25) is 5.95 Å². The molecule has 2 heterocycles. The van der Waals surface area contributed by atoms with E-state index in [0.29, 0.717) is 25.1 Å². The van der Waals surface area contributed by atoms with Crippen molar-refractivity contribution in [3.63, 3.8) is 0 Å². The highest BCUT2D eigenvalue weighted by Crippen LogP contribution is 2.15. The predicted molar refractivity (Wildman–Crippen MR) is 120 cm³/mol. The molecule has 32 heavy (non-hydrogen) atoms. The average Bonchev–Trinajstić information content (AvgIpc) is 3.13. The van der Waals surface area contributed by atoms with E-state index in [-0.39, 0.29) is 48.1 Å². The minimum atomic E-state index is -0.719. The summed E-state index contributed by atoms with van der Waals surface area (Å²) in [4.78, 5) is 49.7. The number of hydrogen-bond donors (Lipinski definition) is 4. The topological polar surface area (TPSA) is 179 Å². The summed E-state index contributed by atoms with van der Waals surface area (Å²) in [6.45, 7) is 6.02. The van der Waals surface area contributed by atoms with Crippen LogP contribution in [0.25, 0.3) is 11.2 Å². The molecule has 0 aliphatic heterocycles. The summed E-state index contributed by atoms with van der Waals surface area (Å²) in [5, 5.41) is 0. The van der Waals surface area contributed by atoms with Gasteiger partial charge in [-0.15, -0.1) is 0 Å². The summed E-state index contributed by atoms with van der Waals surface area (Å²) in [7, 11) is 0. The maximum atomic E-state index is 12.2. The van der Waals surface area contributed by atoms with Gasteiger partial charge in [-0.05, 0) is 18.8 Å². The van der Waals surface area contributed by atoms with Crippen molar-refractivity contribution >= 4 is 29.1 Å². The number of H-pyrrole nitrogens is 2. The first-order valence-corrected chi connectivity index (χ1v) is 11.0. The van der Waals surface area contributed by atoms with Crippen molar-refractivity contribution in [2.24, 2.45) is 17.6 Å². The molecule has 0 fully saturated rings. The van der Waals surface area contributed by atoms with E-state index in [4.69, 9.17) is 20.9 Å². The van der Waals surface area contributed by atoms with Gasteiger partial charge in [-0.25, -0.2) is 4.98 Å². The normalized spacial score (nSPS) is 13.3. The van der Waals surface area contributed by atoms with E-state index in [1.165, 1.54) is 0 Å². The molecule has 6 N–H and O–H groups in total. The van der Waals surface area contributed by atoms with E-state index in [1.807, 2.05) is 13.8 Å². The Morgan fingerprint density at radius 3 is 2.56 bits per heavy atom. The molecule has 0 amide bonds. The lowest BCUT2D eigenvalue weighted by molar-refractivity contribution is -0.149. The number of nitrogen functional groups attached to an aromatic ring is 1. The molecule has 2 aromatic rings. The number of nitrogens with one attached hydrogen (secondary N) is 2. The fourth-order valence-electron chi connectivity index (χ4n) is 3.09. The zero-order chi connectivity index (χ0) is 23.7. The Labute approximate surface area is 186 Å². The van der Waals surface area contributed by atoms with Crippen LogP contribution in [0.1, 0.15) is 58.7 Å². The Kier molecular flexibility index (Phi) is 9.63. The summed E-state index contributed by atoms with van der Waals surface area (Å²) in [5.74, 6) is -0.527. The Hall–Kier alpha value is -2.95. The second kappa shape index (κ2) is 12.2. The van der Waals surface area contributed by atoms with Gasteiger partial charge >= 0.3 is 11.9 Å². The van der Waals surface area contributed by atoms with Gasteiger partial charge in [0.1, 0.15) is 11.9 Å². The fourth-order valence-corrected chi connectivity index (χ4v) is 3.09. The van der Waals surface area contributed by atoms with Gasteiger partial charge in [0.25, 0.3) is 5.56 Å². The zero-order valence-electron chi connectivity index (χ0n) is 19.0. The summed E-state index contributed by atoms with van der Waals surface area (Å²) in [6, 6.07) is -0.719. The molecule has 178 valence electrons.